The van der Waals surface area contributed by atoms with Gasteiger partial charge in [0.2, 0.25) is 0 Å². The lowest BCUT2D eigenvalue weighted by atomic mass is 10.2. The van der Waals surface area contributed by atoms with Crippen molar-refractivity contribution in [1.82, 2.24) is 5.32 Å². The molecular formula is C8H11NO. The molecule has 2 heteroatoms. The van der Waals surface area contributed by atoms with Crippen LogP contribution in [0, 0.1) is 0 Å². The Labute approximate surface area is 60.6 Å². The summed E-state index contributed by atoms with van der Waals surface area (Å²) < 4.78 is 0. The average molecular weight is 137 g/mol. The molecule has 1 aliphatic heterocycles. The molecule has 1 rings (SSSR count). The van der Waals surface area contributed by atoms with Crippen LogP contribution in [-0.2, 0) is 4.79 Å². The second kappa shape index (κ2) is 2.69. The highest BCUT2D eigenvalue weighted by molar-refractivity contribution is 5.97. The minimum absolute atomic E-state index is 0.0515. The van der Waals surface area contributed by atoms with Gasteiger partial charge < -0.3 is 5.32 Å². The van der Waals surface area contributed by atoms with Gasteiger partial charge in [0.1, 0.15) is 0 Å². The van der Waals surface area contributed by atoms with Crippen molar-refractivity contribution < 1.29 is 4.79 Å². The van der Waals surface area contributed by atoms with E-state index in [2.05, 4.69) is 5.32 Å². The lowest BCUT2D eigenvalue weighted by molar-refractivity contribution is -0.115. The van der Waals surface area contributed by atoms with Crippen molar-refractivity contribution in [2.24, 2.45) is 0 Å². The molecule has 1 aliphatic rings. The third-order valence-electron chi connectivity index (χ3n) is 1.64. The summed E-state index contributed by atoms with van der Waals surface area (Å²) in [4.78, 5) is 11.0. The van der Waals surface area contributed by atoms with Crippen LogP contribution >= 0.6 is 0 Å². The van der Waals surface area contributed by atoms with Gasteiger partial charge in [-0.25, -0.2) is 0 Å². The first-order valence-electron chi connectivity index (χ1n) is 3.39. The Kier molecular flexibility index (Phi) is 1.90. The van der Waals surface area contributed by atoms with E-state index in [1.165, 1.54) is 0 Å². The maximum absolute atomic E-state index is 11.0. The largest absolute Gasteiger partial charge is 0.326 e. The van der Waals surface area contributed by atoms with Gasteiger partial charge in [-0.3, -0.25) is 4.79 Å². The predicted octanol–water partition coefficient (Wildman–Crippen LogP) is 1.36. The van der Waals surface area contributed by atoms with Crippen LogP contribution in [-0.4, -0.2) is 5.91 Å². The van der Waals surface area contributed by atoms with Crippen LogP contribution in [0.15, 0.2) is 23.4 Å². The van der Waals surface area contributed by atoms with Crippen molar-refractivity contribution >= 4 is 5.91 Å². The molecule has 1 fully saturated rings. The quantitative estimate of drug-likeness (QED) is 0.502. The number of carbonyl (C=O) groups excluding carboxylic acids is 1. The molecule has 0 saturated carbocycles. The van der Waals surface area contributed by atoms with E-state index in [1.54, 1.807) is 0 Å². The summed E-state index contributed by atoms with van der Waals surface area (Å²) in [5, 5.41) is 2.76. The van der Waals surface area contributed by atoms with E-state index in [4.69, 9.17) is 0 Å². The molecule has 0 aliphatic carbocycles. The van der Waals surface area contributed by atoms with E-state index in [0.29, 0.717) is 0 Å². The van der Waals surface area contributed by atoms with Crippen molar-refractivity contribution in [3.05, 3.63) is 23.4 Å². The number of hydrogen-bond acceptors (Lipinski definition) is 1. The summed E-state index contributed by atoms with van der Waals surface area (Å²) in [5.41, 5.74) is 1.88. The van der Waals surface area contributed by atoms with E-state index in [0.717, 1.165) is 17.7 Å². The Morgan fingerprint density at radius 1 is 1.40 bits per heavy atom. The summed E-state index contributed by atoms with van der Waals surface area (Å²) in [7, 11) is 0. The van der Waals surface area contributed by atoms with Gasteiger partial charge in [-0.1, -0.05) is 12.2 Å². The van der Waals surface area contributed by atoms with Crippen LogP contribution in [0.25, 0.3) is 0 Å². The highest BCUT2D eigenvalue weighted by Gasteiger charge is 2.18. The molecule has 0 atom stereocenters. The Hall–Kier alpha value is -1.05. The normalized spacial score (nSPS) is 26.0. The van der Waals surface area contributed by atoms with E-state index in [1.807, 2.05) is 26.0 Å². The molecule has 0 aromatic heterocycles. The highest BCUT2D eigenvalue weighted by atomic mass is 16.2. The molecule has 10 heavy (non-hydrogen) atoms. The van der Waals surface area contributed by atoms with Crippen LogP contribution < -0.4 is 5.32 Å². The third kappa shape index (κ3) is 1.10. The third-order valence-corrected chi connectivity index (χ3v) is 1.64. The Morgan fingerprint density at radius 3 is 2.40 bits per heavy atom. The van der Waals surface area contributed by atoms with Crippen LogP contribution in [0.1, 0.15) is 20.3 Å². The molecule has 0 spiro atoms. The minimum atomic E-state index is 0.0515. The van der Waals surface area contributed by atoms with Gasteiger partial charge in [-0.2, -0.15) is 0 Å². The molecule has 0 aromatic rings. The fraction of sp³-hybridized carbons (Fsp3) is 0.375. The minimum Gasteiger partial charge on any atom is -0.326 e. The molecule has 2 nitrogen and oxygen atoms in total. The SMILES string of the molecule is C/C=C1/C/C(=C\C)NC1=O. The standard InChI is InChI=1S/C8H11NO/c1-3-6-5-7(4-2)9-8(6)10/h3-4H,5H2,1-2H3,(H,9,10)/b6-3-,7-4+. The first kappa shape index (κ1) is 7.06. The van der Waals surface area contributed by atoms with Crippen molar-refractivity contribution in [1.29, 1.82) is 0 Å². The molecular weight excluding hydrogens is 126 g/mol. The first-order valence-corrected chi connectivity index (χ1v) is 3.39. The molecule has 0 aromatic carbocycles. The fourth-order valence-corrected chi connectivity index (χ4v) is 0.963. The molecule has 0 radical (unpaired) electrons. The van der Waals surface area contributed by atoms with Crippen molar-refractivity contribution in [3.63, 3.8) is 0 Å². The summed E-state index contributed by atoms with van der Waals surface area (Å²) in [6.45, 7) is 3.81. The van der Waals surface area contributed by atoms with Crippen LogP contribution in [0.5, 0.6) is 0 Å². The fourth-order valence-electron chi connectivity index (χ4n) is 0.963. The topological polar surface area (TPSA) is 29.1 Å². The Balaban J connectivity index is 2.80. The van der Waals surface area contributed by atoms with Gasteiger partial charge >= 0.3 is 0 Å². The summed E-state index contributed by atoms with van der Waals surface area (Å²) in [6, 6.07) is 0. The maximum Gasteiger partial charge on any atom is 0.251 e. The van der Waals surface area contributed by atoms with Gasteiger partial charge in [0.25, 0.3) is 5.91 Å². The van der Waals surface area contributed by atoms with Gasteiger partial charge in [-0.15, -0.1) is 0 Å². The lowest BCUT2D eigenvalue weighted by Crippen LogP contribution is -2.12. The van der Waals surface area contributed by atoms with Crippen LogP contribution in [0.2, 0.25) is 0 Å². The van der Waals surface area contributed by atoms with E-state index >= 15 is 0 Å². The zero-order valence-electron chi connectivity index (χ0n) is 6.27. The highest BCUT2D eigenvalue weighted by Crippen LogP contribution is 2.16. The molecule has 0 bridgehead atoms. The smallest absolute Gasteiger partial charge is 0.251 e. The second-order valence-corrected chi connectivity index (χ2v) is 2.26. The summed E-state index contributed by atoms with van der Waals surface area (Å²) in [5.74, 6) is 0.0515. The number of amides is 1. The van der Waals surface area contributed by atoms with Crippen molar-refractivity contribution in [3.8, 4) is 0 Å². The van der Waals surface area contributed by atoms with Gasteiger partial charge in [0.15, 0.2) is 0 Å². The molecule has 1 N–H and O–H groups in total. The molecule has 1 heterocycles. The second-order valence-electron chi connectivity index (χ2n) is 2.26. The van der Waals surface area contributed by atoms with Gasteiger partial charge in [-0.05, 0) is 13.8 Å². The number of hydrogen-bond donors (Lipinski definition) is 1. The molecule has 1 saturated heterocycles. The lowest BCUT2D eigenvalue weighted by Gasteiger charge is -1.89. The molecule has 54 valence electrons. The van der Waals surface area contributed by atoms with Gasteiger partial charge in [0, 0.05) is 17.7 Å². The first-order chi connectivity index (χ1) is 4.77. The number of carbonyl (C=O) groups is 1. The van der Waals surface area contributed by atoms with Crippen LogP contribution in [0.4, 0.5) is 0 Å². The van der Waals surface area contributed by atoms with E-state index < -0.39 is 0 Å². The van der Waals surface area contributed by atoms with E-state index in [9.17, 15) is 4.79 Å². The number of rotatable bonds is 0. The van der Waals surface area contributed by atoms with E-state index in [-0.39, 0.29) is 5.91 Å². The Bertz CT molecular complexity index is 213. The number of nitrogens with one attached hydrogen (secondary N) is 1. The van der Waals surface area contributed by atoms with Crippen molar-refractivity contribution in [2.45, 2.75) is 20.3 Å². The summed E-state index contributed by atoms with van der Waals surface area (Å²) >= 11 is 0. The monoisotopic (exact) mass is 137 g/mol. The van der Waals surface area contributed by atoms with Crippen LogP contribution in [0.3, 0.4) is 0 Å². The zero-order chi connectivity index (χ0) is 7.56. The Morgan fingerprint density at radius 2 is 2.10 bits per heavy atom. The summed E-state index contributed by atoms with van der Waals surface area (Å²) in [6.07, 6.45) is 4.55. The number of allylic oxidation sites excluding steroid dienone is 3. The average Bonchev–Trinajstić information content (AvgIpc) is 2.30. The maximum atomic E-state index is 11.0. The molecule has 0 unspecified atom stereocenters. The predicted molar refractivity (Wildman–Crippen MR) is 40.3 cm³/mol. The van der Waals surface area contributed by atoms with Gasteiger partial charge in [0.05, 0.1) is 0 Å². The zero-order valence-corrected chi connectivity index (χ0v) is 6.27. The molecule has 1 amide bonds. The van der Waals surface area contributed by atoms with Crippen molar-refractivity contribution in [2.75, 3.05) is 0 Å².